The van der Waals surface area contributed by atoms with Crippen molar-refractivity contribution in [3.05, 3.63) is 11.3 Å². The minimum absolute atomic E-state index is 0.137. The lowest BCUT2D eigenvalue weighted by Gasteiger charge is -2.17. The monoisotopic (exact) mass is 266 g/mol. The molecule has 1 aliphatic rings. The summed E-state index contributed by atoms with van der Waals surface area (Å²) in [5.74, 6) is 0.137. The molecule has 110 valence electrons. The summed E-state index contributed by atoms with van der Waals surface area (Å²) in [6, 6.07) is 0. The molecule has 0 aromatic carbocycles. The van der Waals surface area contributed by atoms with Crippen LogP contribution >= 0.6 is 0 Å². The van der Waals surface area contributed by atoms with E-state index in [2.05, 4.69) is 38.3 Å². The topological polar surface area (TPSA) is 41.1 Å². The maximum Gasteiger partial charge on any atom is 0.248 e. The average molecular weight is 266 g/mol. The first-order valence-electron chi connectivity index (χ1n) is 7.74. The highest BCUT2D eigenvalue weighted by Gasteiger charge is 2.33. The van der Waals surface area contributed by atoms with Crippen molar-refractivity contribution in [3.63, 3.8) is 0 Å². The Morgan fingerprint density at radius 2 is 1.74 bits per heavy atom. The predicted molar refractivity (Wildman–Crippen MR) is 80.9 cm³/mol. The van der Waals surface area contributed by atoms with Crippen LogP contribution in [0.4, 0.5) is 0 Å². The molecule has 1 aliphatic carbocycles. The standard InChI is InChI=1S/C16H30N2O/c1-5-7-9-17-14-12-16(3,4)11-13(14)15(19)18-10-8-6-2/h17H,5-12H2,1-4H3,(H,18,19). The van der Waals surface area contributed by atoms with Gasteiger partial charge < -0.3 is 10.6 Å². The largest absolute Gasteiger partial charge is 0.388 e. The van der Waals surface area contributed by atoms with E-state index in [1.54, 1.807) is 0 Å². The van der Waals surface area contributed by atoms with Crippen molar-refractivity contribution in [2.24, 2.45) is 5.41 Å². The highest BCUT2D eigenvalue weighted by atomic mass is 16.1. The van der Waals surface area contributed by atoms with E-state index in [0.29, 0.717) is 0 Å². The summed E-state index contributed by atoms with van der Waals surface area (Å²) in [4.78, 5) is 12.2. The van der Waals surface area contributed by atoms with E-state index in [1.807, 2.05) is 0 Å². The van der Waals surface area contributed by atoms with Crippen LogP contribution in [-0.4, -0.2) is 19.0 Å². The second kappa shape index (κ2) is 7.56. The van der Waals surface area contributed by atoms with E-state index in [1.165, 1.54) is 12.1 Å². The molecule has 0 saturated carbocycles. The molecule has 3 heteroatoms. The number of carbonyl (C=O) groups excluding carboxylic acids is 1. The first-order chi connectivity index (χ1) is 9.00. The molecular weight excluding hydrogens is 236 g/mol. The number of hydrogen-bond acceptors (Lipinski definition) is 2. The van der Waals surface area contributed by atoms with Crippen molar-refractivity contribution in [1.82, 2.24) is 10.6 Å². The summed E-state index contributed by atoms with van der Waals surface area (Å²) in [5.41, 5.74) is 2.37. The molecule has 0 aliphatic heterocycles. The minimum Gasteiger partial charge on any atom is -0.388 e. The quantitative estimate of drug-likeness (QED) is 0.661. The van der Waals surface area contributed by atoms with Gasteiger partial charge in [-0.2, -0.15) is 0 Å². The average Bonchev–Trinajstić information content (AvgIpc) is 2.65. The van der Waals surface area contributed by atoms with Crippen LogP contribution in [0.5, 0.6) is 0 Å². The highest BCUT2D eigenvalue weighted by Crippen LogP contribution is 2.40. The Bertz CT molecular complexity index is 332. The van der Waals surface area contributed by atoms with Crippen LogP contribution in [0.25, 0.3) is 0 Å². The van der Waals surface area contributed by atoms with Crippen LogP contribution in [0, 0.1) is 5.41 Å². The Hall–Kier alpha value is -0.990. The third-order valence-corrected chi connectivity index (χ3v) is 3.63. The second-order valence-electron chi connectivity index (χ2n) is 6.36. The molecule has 0 saturated heterocycles. The lowest BCUT2D eigenvalue weighted by atomic mass is 9.89. The molecule has 0 aromatic rings. The molecule has 0 unspecified atom stereocenters. The summed E-state index contributed by atoms with van der Waals surface area (Å²) >= 11 is 0. The normalized spacial score (nSPS) is 17.7. The molecule has 0 radical (unpaired) electrons. The van der Waals surface area contributed by atoms with Crippen LogP contribution in [0.2, 0.25) is 0 Å². The number of allylic oxidation sites excluding steroid dienone is 1. The number of hydrogen-bond donors (Lipinski definition) is 2. The van der Waals surface area contributed by atoms with E-state index in [4.69, 9.17) is 0 Å². The van der Waals surface area contributed by atoms with Gasteiger partial charge in [0.05, 0.1) is 0 Å². The van der Waals surface area contributed by atoms with Gasteiger partial charge in [-0.1, -0.05) is 40.5 Å². The van der Waals surface area contributed by atoms with Gasteiger partial charge in [-0.15, -0.1) is 0 Å². The van der Waals surface area contributed by atoms with Gasteiger partial charge in [0.1, 0.15) is 0 Å². The SMILES string of the molecule is CCCCNC(=O)C1=C(NCCCC)CC(C)(C)C1. The summed E-state index contributed by atoms with van der Waals surface area (Å²) in [7, 11) is 0. The zero-order valence-corrected chi connectivity index (χ0v) is 13.1. The molecule has 2 N–H and O–H groups in total. The summed E-state index contributed by atoms with van der Waals surface area (Å²) in [6.07, 6.45) is 6.40. The molecule has 0 aromatic heterocycles. The first kappa shape index (κ1) is 16.1. The number of amides is 1. The zero-order valence-electron chi connectivity index (χ0n) is 13.1. The summed E-state index contributed by atoms with van der Waals surface area (Å²) in [5, 5.41) is 6.53. The third kappa shape index (κ3) is 5.25. The van der Waals surface area contributed by atoms with Crippen LogP contribution in [0.3, 0.4) is 0 Å². The fourth-order valence-electron chi connectivity index (χ4n) is 2.52. The number of nitrogens with one attached hydrogen (secondary N) is 2. The molecule has 0 atom stereocenters. The number of unbranched alkanes of at least 4 members (excludes halogenated alkanes) is 2. The van der Waals surface area contributed by atoms with Crippen LogP contribution in [0.15, 0.2) is 11.3 Å². The van der Waals surface area contributed by atoms with Crippen molar-refractivity contribution in [1.29, 1.82) is 0 Å². The van der Waals surface area contributed by atoms with Crippen LogP contribution < -0.4 is 10.6 Å². The molecular formula is C16H30N2O. The Balaban J connectivity index is 2.61. The maximum atomic E-state index is 12.2. The van der Waals surface area contributed by atoms with Gasteiger partial charge in [0.15, 0.2) is 0 Å². The smallest absolute Gasteiger partial charge is 0.248 e. The summed E-state index contributed by atoms with van der Waals surface area (Å²) in [6.45, 7) is 10.6. The minimum atomic E-state index is 0.137. The highest BCUT2D eigenvalue weighted by molar-refractivity contribution is 5.94. The molecule has 3 nitrogen and oxygen atoms in total. The van der Waals surface area contributed by atoms with Crippen molar-refractivity contribution >= 4 is 5.91 Å². The lowest BCUT2D eigenvalue weighted by molar-refractivity contribution is -0.117. The van der Waals surface area contributed by atoms with Crippen molar-refractivity contribution in [2.75, 3.05) is 13.1 Å². The van der Waals surface area contributed by atoms with Gasteiger partial charge in [0.2, 0.25) is 5.91 Å². The van der Waals surface area contributed by atoms with Gasteiger partial charge in [-0.05, 0) is 31.1 Å². The molecule has 1 amide bonds. The Labute approximate surface area is 118 Å². The van der Waals surface area contributed by atoms with E-state index < -0.39 is 0 Å². The third-order valence-electron chi connectivity index (χ3n) is 3.63. The molecule has 1 rings (SSSR count). The van der Waals surface area contributed by atoms with Gasteiger partial charge >= 0.3 is 0 Å². The first-order valence-corrected chi connectivity index (χ1v) is 7.74. The Morgan fingerprint density at radius 1 is 1.11 bits per heavy atom. The molecule has 19 heavy (non-hydrogen) atoms. The van der Waals surface area contributed by atoms with E-state index >= 15 is 0 Å². The van der Waals surface area contributed by atoms with Gasteiger partial charge in [0, 0.05) is 24.4 Å². The Morgan fingerprint density at radius 3 is 2.37 bits per heavy atom. The molecule has 0 bridgehead atoms. The van der Waals surface area contributed by atoms with E-state index in [9.17, 15) is 4.79 Å². The van der Waals surface area contributed by atoms with Crippen LogP contribution in [-0.2, 0) is 4.79 Å². The summed E-state index contributed by atoms with van der Waals surface area (Å²) < 4.78 is 0. The van der Waals surface area contributed by atoms with Crippen molar-refractivity contribution in [2.45, 2.75) is 66.2 Å². The van der Waals surface area contributed by atoms with Gasteiger partial charge in [-0.3, -0.25) is 4.79 Å². The Kier molecular flexibility index (Phi) is 6.40. The maximum absolute atomic E-state index is 12.2. The van der Waals surface area contributed by atoms with E-state index in [-0.39, 0.29) is 11.3 Å². The second-order valence-corrected chi connectivity index (χ2v) is 6.36. The number of rotatable bonds is 8. The fourth-order valence-corrected chi connectivity index (χ4v) is 2.52. The molecule has 0 heterocycles. The van der Waals surface area contributed by atoms with E-state index in [0.717, 1.165) is 50.8 Å². The van der Waals surface area contributed by atoms with Crippen molar-refractivity contribution in [3.8, 4) is 0 Å². The predicted octanol–water partition coefficient (Wildman–Crippen LogP) is 3.37. The zero-order chi connectivity index (χ0) is 14.3. The lowest BCUT2D eigenvalue weighted by Crippen LogP contribution is -2.28. The van der Waals surface area contributed by atoms with Crippen molar-refractivity contribution < 1.29 is 4.79 Å². The number of carbonyl (C=O) groups is 1. The molecule has 0 spiro atoms. The molecule has 0 fully saturated rings. The fraction of sp³-hybridized carbons (Fsp3) is 0.812. The van der Waals surface area contributed by atoms with Gasteiger partial charge in [-0.25, -0.2) is 0 Å². The van der Waals surface area contributed by atoms with Gasteiger partial charge in [0.25, 0.3) is 0 Å². The van der Waals surface area contributed by atoms with Crippen LogP contribution in [0.1, 0.15) is 66.2 Å².